The lowest BCUT2D eigenvalue weighted by atomic mass is 9.96. The van der Waals surface area contributed by atoms with Gasteiger partial charge in [-0.15, -0.1) is 0 Å². The van der Waals surface area contributed by atoms with Crippen molar-refractivity contribution >= 4 is 54.9 Å². The first-order valence-corrected chi connectivity index (χ1v) is 8.46. The first-order chi connectivity index (χ1) is 11.4. The molecule has 7 heteroatoms. The summed E-state index contributed by atoms with van der Waals surface area (Å²) in [6.45, 7) is 3.66. The van der Waals surface area contributed by atoms with Crippen LogP contribution in [-0.2, 0) is 0 Å². The normalized spacial score (nSPS) is 14.7. The zero-order chi connectivity index (χ0) is 17.6. The molecule has 0 aliphatic heterocycles. The quantitative estimate of drug-likeness (QED) is 0.678. The number of pyridine rings is 1. The molecule has 0 saturated carbocycles. The smallest absolute Gasteiger partial charge is 0.184 e. The lowest BCUT2D eigenvalue weighted by Gasteiger charge is -2.10. The molecular formula is C17H10Br2N4O. The third-order valence-corrected chi connectivity index (χ3v) is 5.64. The highest BCUT2D eigenvalue weighted by Crippen LogP contribution is 2.44. The highest BCUT2D eigenvalue weighted by Gasteiger charge is 2.29. The summed E-state index contributed by atoms with van der Waals surface area (Å²) < 4.78 is 6.98. The Bertz CT molecular complexity index is 1010. The van der Waals surface area contributed by atoms with Gasteiger partial charge in [0.2, 0.25) is 0 Å². The maximum Gasteiger partial charge on any atom is 0.184 e. The van der Waals surface area contributed by atoms with Gasteiger partial charge in [-0.3, -0.25) is 0 Å². The average Bonchev–Trinajstić information content (AvgIpc) is 2.97. The molecule has 5 nitrogen and oxygen atoms in total. The van der Waals surface area contributed by atoms with Crippen molar-refractivity contribution in [2.24, 2.45) is 0 Å². The first-order valence-electron chi connectivity index (χ1n) is 6.87. The fourth-order valence-corrected chi connectivity index (χ4v) is 3.38. The van der Waals surface area contributed by atoms with Crippen molar-refractivity contribution in [3.05, 3.63) is 48.9 Å². The second-order valence-corrected chi connectivity index (χ2v) is 6.85. The number of fused-ring (bicyclic) bond motifs is 1. The number of nitrogens with two attached hydrogens (primary N) is 1. The molecule has 2 N–H and O–H groups in total. The molecule has 2 aromatic rings. The highest BCUT2D eigenvalue weighted by atomic mass is 79.9. The molecule has 0 atom stereocenters. The Labute approximate surface area is 155 Å². The van der Waals surface area contributed by atoms with E-state index in [0.717, 1.165) is 21.2 Å². The van der Waals surface area contributed by atoms with Crippen LogP contribution < -0.4 is 5.73 Å². The molecule has 0 radical (unpaired) electrons. The number of nitrogen functional groups attached to an aromatic ring is 1. The number of hydrogen-bond acceptors (Lipinski definition) is 5. The van der Waals surface area contributed by atoms with Crippen molar-refractivity contribution in [1.29, 1.82) is 10.5 Å². The molecule has 1 aliphatic rings. The van der Waals surface area contributed by atoms with Gasteiger partial charge >= 0.3 is 0 Å². The molecule has 0 unspecified atom stereocenters. The van der Waals surface area contributed by atoms with E-state index in [4.69, 9.17) is 10.2 Å². The van der Waals surface area contributed by atoms with Crippen LogP contribution in [0.2, 0.25) is 0 Å². The van der Waals surface area contributed by atoms with E-state index in [9.17, 15) is 10.5 Å². The minimum atomic E-state index is 0.138. The third-order valence-electron chi connectivity index (χ3n) is 3.93. The molecule has 0 spiro atoms. The van der Waals surface area contributed by atoms with Crippen molar-refractivity contribution in [2.75, 3.05) is 5.73 Å². The SMILES string of the molecule is CC1=C(C#N)c2nc(N)c(C#N)c(C)c2/C1=C\c1cc(Br)c(Br)o1. The molecule has 0 aromatic carbocycles. The van der Waals surface area contributed by atoms with E-state index in [1.807, 2.05) is 26.0 Å². The molecular weight excluding hydrogens is 436 g/mol. The standard InChI is InChI=1S/C17H10Br2N4O/c1-7-10(3-9-4-13(18)16(19)24-9)14-8(2)12(6-21)17(22)23-15(14)11(7)5-20/h3-4H,1-2H3,(H2,22,23)/b10-3-. The van der Waals surface area contributed by atoms with E-state index in [1.165, 1.54) is 0 Å². The van der Waals surface area contributed by atoms with Gasteiger partial charge in [0.1, 0.15) is 23.7 Å². The second-order valence-electron chi connectivity index (χ2n) is 5.27. The fourth-order valence-electron chi connectivity index (χ4n) is 2.77. The molecule has 0 bridgehead atoms. The van der Waals surface area contributed by atoms with Gasteiger partial charge in [0.15, 0.2) is 4.67 Å². The van der Waals surface area contributed by atoms with Crippen LogP contribution in [0.1, 0.15) is 35.1 Å². The molecule has 24 heavy (non-hydrogen) atoms. The number of nitriles is 2. The van der Waals surface area contributed by atoms with Crippen LogP contribution in [0, 0.1) is 29.6 Å². The summed E-state index contributed by atoms with van der Waals surface area (Å²) in [7, 11) is 0. The average molecular weight is 446 g/mol. The zero-order valence-electron chi connectivity index (χ0n) is 12.7. The molecule has 118 valence electrons. The molecule has 0 fully saturated rings. The monoisotopic (exact) mass is 444 g/mol. The summed E-state index contributed by atoms with van der Waals surface area (Å²) in [6.07, 6.45) is 1.83. The summed E-state index contributed by atoms with van der Waals surface area (Å²) in [5.41, 5.74) is 10.2. The van der Waals surface area contributed by atoms with Crippen molar-refractivity contribution in [1.82, 2.24) is 4.98 Å². The van der Waals surface area contributed by atoms with Gasteiger partial charge in [0.05, 0.1) is 21.3 Å². The van der Waals surface area contributed by atoms with Crippen molar-refractivity contribution in [2.45, 2.75) is 13.8 Å². The summed E-state index contributed by atoms with van der Waals surface area (Å²) in [4.78, 5) is 4.29. The Morgan fingerprint density at radius 2 is 1.96 bits per heavy atom. The largest absolute Gasteiger partial charge is 0.449 e. The van der Waals surface area contributed by atoms with E-state index in [0.29, 0.717) is 32.8 Å². The number of anilines is 1. The Kier molecular flexibility index (Phi) is 4.08. The van der Waals surface area contributed by atoms with Gasteiger partial charge in [-0.2, -0.15) is 10.5 Å². The Morgan fingerprint density at radius 3 is 2.50 bits per heavy atom. The molecule has 3 rings (SSSR count). The van der Waals surface area contributed by atoms with E-state index in [2.05, 4.69) is 49.0 Å². The third kappa shape index (κ3) is 2.37. The van der Waals surface area contributed by atoms with Crippen LogP contribution in [0.4, 0.5) is 5.82 Å². The van der Waals surface area contributed by atoms with E-state index >= 15 is 0 Å². The summed E-state index contributed by atoms with van der Waals surface area (Å²) in [5.74, 6) is 0.752. The second kappa shape index (κ2) is 5.94. The topological polar surface area (TPSA) is 99.6 Å². The molecule has 2 aromatic heterocycles. The number of aromatic nitrogens is 1. The molecule has 1 aliphatic carbocycles. The maximum absolute atomic E-state index is 9.50. The van der Waals surface area contributed by atoms with Gasteiger partial charge in [-0.1, -0.05) is 0 Å². The highest BCUT2D eigenvalue weighted by molar-refractivity contribution is 9.13. The summed E-state index contributed by atoms with van der Waals surface area (Å²) in [6, 6.07) is 6.09. The predicted molar refractivity (Wildman–Crippen MR) is 98.3 cm³/mol. The minimum Gasteiger partial charge on any atom is -0.449 e. The zero-order valence-corrected chi connectivity index (χ0v) is 15.9. The number of halogens is 2. The van der Waals surface area contributed by atoms with E-state index < -0.39 is 0 Å². The van der Waals surface area contributed by atoms with E-state index in [1.54, 1.807) is 0 Å². The lowest BCUT2D eigenvalue weighted by molar-refractivity contribution is 0.530. The minimum absolute atomic E-state index is 0.138. The van der Waals surface area contributed by atoms with Crippen LogP contribution in [0.5, 0.6) is 0 Å². The van der Waals surface area contributed by atoms with Crippen molar-refractivity contribution in [3.8, 4) is 12.1 Å². The Morgan fingerprint density at radius 1 is 1.25 bits per heavy atom. The first kappa shape index (κ1) is 16.5. The van der Waals surface area contributed by atoms with Gasteiger partial charge in [0, 0.05) is 5.56 Å². The van der Waals surface area contributed by atoms with Crippen LogP contribution in [-0.4, -0.2) is 4.98 Å². The van der Waals surface area contributed by atoms with Gasteiger partial charge in [-0.05, 0) is 74.6 Å². The number of hydrogen-bond donors (Lipinski definition) is 1. The van der Waals surface area contributed by atoms with Crippen molar-refractivity contribution in [3.63, 3.8) is 0 Å². The van der Waals surface area contributed by atoms with E-state index in [-0.39, 0.29) is 5.82 Å². The van der Waals surface area contributed by atoms with Crippen LogP contribution in [0.25, 0.3) is 17.2 Å². The van der Waals surface area contributed by atoms with Crippen LogP contribution in [0.3, 0.4) is 0 Å². The predicted octanol–water partition coefficient (Wildman–Crippen LogP) is 4.81. The Balaban J connectivity index is 2.33. The molecule has 2 heterocycles. The number of rotatable bonds is 1. The van der Waals surface area contributed by atoms with Crippen LogP contribution in [0.15, 0.2) is 25.2 Å². The van der Waals surface area contributed by atoms with Crippen LogP contribution >= 0.6 is 31.9 Å². The van der Waals surface area contributed by atoms with Gasteiger partial charge in [-0.25, -0.2) is 4.98 Å². The van der Waals surface area contributed by atoms with Crippen molar-refractivity contribution < 1.29 is 4.42 Å². The number of nitrogens with zero attached hydrogens (tertiary/aromatic N) is 3. The molecule has 0 amide bonds. The van der Waals surface area contributed by atoms with Gasteiger partial charge in [0.25, 0.3) is 0 Å². The summed E-state index contributed by atoms with van der Waals surface area (Å²) >= 11 is 6.68. The lowest BCUT2D eigenvalue weighted by Crippen LogP contribution is -2.03. The molecule has 0 saturated heterocycles. The number of furan rings is 1. The van der Waals surface area contributed by atoms with Gasteiger partial charge < -0.3 is 10.2 Å². The number of allylic oxidation sites excluding steroid dienone is 3. The Hall–Kier alpha value is -2.35. The fraction of sp³-hybridized carbons (Fsp3) is 0.118. The summed E-state index contributed by atoms with van der Waals surface area (Å²) in [5, 5.41) is 18.8. The maximum atomic E-state index is 9.50.